The number of hydrogen-bond acceptors (Lipinski definition) is 3. The van der Waals surface area contributed by atoms with E-state index in [0.29, 0.717) is 6.54 Å². The van der Waals surface area contributed by atoms with Crippen LogP contribution >= 0.6 is 11.8 Å². The van der Waals surface area contributed by atoms with E-state index in [1.54, 1.807) is 11.8 Å². The molecule has 1 atom stereocenters. The van der Waals surface area contributed by atoms with Crippen molar-refractivity contribution in [2.75, 3.05) is 12.3 Å². The van der Waals surface area contributed by atoms with Crippen LogP contribution in [0.1, 0.15) is 43.1 Å². The van der Waals surface area contributed by atoms with Gasteiger partial charge in [0.15, 0.2) is 0 Å². The summed E-state index contributed by atoms with van der Waals surface area (Å²) in [6, 6.07) is 8.25. The second kappa shape index (κ2) is 6.64. The van der Waals surface area contributed by atoms with Crippen LogP contribution in [-0.4, -0.2) is 23.7 Å². The number of benzene rings is 1. The van der Waals surface area contributed by atoms with Crippen molar-refractivity contribution in [2.24, 2.45) is 5.73 Å². The molecule has 1 amide bonds. The molecule has 1 aromatic carbocycles. The summed E-state index contributed by atoms with van der Waals surface area (Å²) in [5, 5.41) is 2.97. The van der Waals surface area contributed by atoms with Gasteiger partial charge in [0.05, 0.1) is 0 Å². The van der Waals surface area contributed by atoms with E-state index in [4.69, 9.17) is 5.73 Å². The van der Waals surface area contributed by atoms with E-state index >= 15 is 0 Å². The van der Waals surface area contributed by atoms with Crippen molar-refractivity contribution in [1.82, 2.24) is 5.32 Å². The van der Waals surface area contributed by atoms with Crippen molar-refractivity contribution >= 4 is 17.7 Å². The largest absolute Gasteiger partial charge is 0.353 e. The zero-order chi connectivity index (χ0) is 14.6. The van der Waals surface area contributed by atoms with Crippen molar-refractivity contribution in [3.05, 3.63) is 35.4 Å². The van der Waals surface area contributed by atoms with Crippen molar-refractivity contribution in [1.29, 1.82) is 0 Å². The first-order valence-electron chi connectivity index (χ1n) is 7.35. The van der Waals surface area contributed by atoms with E-state index in [1.807, 2.05) is 12.1 Å². The number of rotatable bonds is 5. The van der Waals surface area contributed by atoms with Crippen LogP contribution < -0.4 is 11.1 Å². The zero-order valence-corrected chi connectivity index (χ0v) is 13.1. The first-order valence-corrected chi connectivity index (χ1v) is 8.40. The molecule has 3 nitrogen and oxygen atoms in total. The van der Waals surface area contributed by atoms with Gasteiger partial charge in [-0.05, 0) is 36.1 Å². The predicted molar refractivity (Wildman–Crippen MR) is 85.9 cm³/mol. The van der Waals surface area contributed by atoms with Gasteiger partial charge in [0.2, 0.25) is 5.91 Å². The third-order valence-electron chi connectivity index (χ3n) is 4.25. The molecule has 1 aromatic rings. The van der Waals surface area contributed by atoms with Gasteiger partial charge >= 0.3 is 0 Å². The topological polar surface area (TPSA) is 55.1 Å². The molecule has 0 fully saturated rings. The van der Waals surface area contributed by atoms with E-state index in [0.717, 1.165) is 30.6 Å². The maximum absolute atomic E-state index is 12.5. The van der Waals surface area contributed by atoms with Crippen molar-refractivity contribution in [3.63, 3.8) is 0 Å². The van der Waals surface area contributed by atoms with E-state index in [2.05, 4.69) is 31.3 Å². The number of amides is 1. The SMILES string of the molecule is CCC(N)(CC)CNC(=O)C1SCCc2ccccc21. The number of fused-ring (bicyclic) bond motifs is 1. The molecule has 1 heterocycles. The third-order valence-corrected chi connectivity index (χ3v) is 5.50. The first-order chi connectivity index (χ1) is 9.59. The fraction of sp³-hybridized carbons (Fsp3) is 0.562. The van der Waals surface area contributed by atoms with Gasteiger partial charge in [-0.25, -0.2) is 0 Å². The molecule has 20 heavy (non-hydrogen) atoms. The Morgan fingerprint density at radius 1 is 1.40 bits per heavy atom. The Kier molecular flexibility index (Phi) is 5.11. The van der Waals surface area contributed by atoms with Crippen molar-refractivity contribution in [3.8, 4) is 0 Å². The molecular formula is C16H24N2OS. The smallest absolute Gasteiger partial charge is 0.237 e. The Hall–Kier alpha value is -1.00. The Balaban J connectivity index is 2.04. The molecular weight excluding hydrogens is 268 g/mol. The van der Waals surface area contributed by atoms with E-state index in [1.165, 1.54) is 5.56 Å². The monoisotopic (exact) mass is 292 g/mol. The number of nitrogens with one attached hydrogen (secondary N) is 1. The fourth-order valence-corrected chi connectivity index (χ4v) is 3.68. The Morgan fingerprint density at radius 3 is 2.80 bits per heavy atom. The number of carbonyl (C=O) groups excluding carboxylic acids is 1. The lowest BCUT2D eigenvalue weighted by Gasteiger charge is -2.29. The third kappa shape index (κ3) is 3.36. The van der Waals surface area contributed by atoms with Crippen LogP contribution in [0.25, 0.3) is 0 Å². The van der Waals surface area contributed by atoms with Crippen LogP contribution in [0.4, 0.5) is 0 Å². The summed E-state index contributed by atoms with van der Waals surface area (Å²) in [6.07, 6.45) is 2.80. The van der Waals surface area contributed by atoms with Crippen LogP contribution in [-0.2, 0) is 11.2 Å². The molecule has 1 aliphatic rings. The molecule has 0 aliphatic carbocycles. The highest BCUT2D eigenvalue weighted by Gasteiger charge is 2.28. The van der Waals surface area contributed by atoms with Crippen LogP contribution in [0.3, 0.4) is 0 Å². The molecule has 3 N–H and O–H groups in total. The summed E-state index contributed by atoms with van der Waals surface area (Å²) in [6.45, 7) is 4.69. The van der Waals surface area contributed by atoms with Gasteiger partial charge in [0.1, 0.15) is 5.25 Å². The van der Waals surface area contributed by atoms with Gasteiger partial charge in [-0.15, -0.1) is 11.8 Å². The van der Waals surface area contributed by atoms with Gasteiger partial charge in [0.25, 0.3) is 0 Å². The molecule has 0 saturated carbocycles. The number of hydrogen-bond donors (Lipinski definition) is 2. The lowest BCUT2D eigenvalue weighted by atomic mass is 9.94. The van der Waals surface area contributed by atoms with Gasteiger partial charge in [-0.2, -0.15) is 0 Å². The quantitative estimate of drug-likeness (QED) is 0.877. The molecule has 4 heteroatoms. The molecule has 2 rings (SSSR count). The first kappa shape index (κ1) is 15.4. The average molecular weight is 292 g/mol. The highest BCUT2D eigenvalue weighted by molar-refractivity contribution is 8.00. The maximum Gasteiger partial charge on any atom is 0.237 e. The van der Waals surface area contributed by atoms with Gasteiger partial charge < -0.3 is 11.1 Å². The fourth-order valence-electron chi connectivity index (χ4n) is 2.47. The lowest BCUT2D eigenvalue weighted by Crippen LogP contribution is -2.50. The standard InChI is InChI=1S/C16H24N2OS/c1-3-16(17,4-2)11-18-15(19)14-13-8-6-5-7-12(13)9-10-20-14/h5-8,14H,3-4,9-11,17H2,1-2H3,(H,18,19). The van der Waals surface area contributed by atoms with Crippen LogP contribution in [0.5, 0.6) is 0 Å². The molecule has 1 unspecified atom stereocenters. The minimum absolute atomic E-state index is 0.0853. The minimum Gasteiger partial charge on any atom is -0.353 e. The summed E-state index contributed by atoms with van der Waals surface area (Å²) >= 11 is 1.73. The second-order valence-electron chi connectivity index (χ2n) is 5.49. The number of carbonyl (C=O) groups is 1. The van der Waals surface area contributed by atoms with Gasteiger partial charge in [-0.3, -0.25) is 4.79 Å². The van der Waals surface area contributed by atoms with E-state index in [-0.39, 0.29) is 16.7 Å². The van der Waals surface area contributed by atoms with E-state index in [9.17, 15) is 4.79 Å². The number of nitrogens with two attached hydrogens (primary N) is 1. The second-order valence-corrected chi connectivity index (χ2v) is 6.70. The molecule has 0 aromatic heterocycles. The Labute approximate surface area is 125 Å². The van der Waals surface area contributed by atoms with E-state index < -0.39 is 0 Å². The predicted octanol–water partition coefficient (Wildman–Crippen LogP) is 2.65. The van der Waals surface area contributed by atoms with Crippen LogP contribution in [0.2, 0.25) is 0 Å². The summed E-state index contributed by atoms with van der Waals surface area (Å²) in [5.74, 6) is 1.10. The molecule has 0 bridgehead atoms. The van der Waals surface area contributed by atoms with Crippen LogP contribution in [0, 0.1) is 0 Å². The highest BCUT2D eigenvalue weighted by Crippen LogP contribution is 2.36. The molecule has 0 saturated heterocycles. The summed E-state index contributed by atoms with van der Waals surface area (Å²) < 4.78 is 0. The highest BCUT2D eigenvalue weighted by atomic mass is 32.2. The summed E-state index contributed by atoms with van der Waals surface area (Å²) in [7, 11) is 0. The maximum atomic E-state index is 12.5. The number of aryl methyl sites for hydroxylation is 1. The summed E-state index contributed by atoms with van der Waals surface area (Å²) in [5.41, 5.74) is 8.43. The molecule has 0 spiro atoms. The Bertz CT molecular complexity index is 471. The molecule has 0 radical (unpaired) electrons. The zero-order valence-electron chi connectivity index (χ0n) is 12.3. The number of thioether (sulfide) groups is 1. The lowest BCUT2D eigenvalue weighted by molar-refractivity contribution is -0.121. The summed E-state index contributed by atoms with van der Waals surface area (Å²) in [4.78, 5) is 12.5. The van der Waals surface area contributed by atoms with Gasteiger partial charge in [0, 0.05) is 12.1 Å². The van der Waals surface area contributed by atoms with Crippen molar-refractivity contribution in [2.45, 2.75) is 43.9 Å². The minimum atomic E-state index is -0.283. The van der Waals surface area contributed by atoms with Crippen molar-refractivity contribution < 1.29 is 4.79 Å². The molecule has 110 valence electrons. The van der Waals surface area contributed by atoms with Crippen LogP contribution in [0.15, 0.2) is 24.3 Å². The average Bonchev–Trinajstić information content (AvgIpc) is 2.51. The Morgan fingerprint density at radius 2 is 2.10 bits per heavy atom. The normalized spacial score (nSPS) is 18.4. The molecule has 1 aliphatic heterocycles. The van der Waals surface area contributed by atoms with Gasteiger partial charge in [-0.1, -0.05) is 38.1 Å².